The van der Waals surface area contributed by atoms with E-state index in [4.69, 9.17) is 4.98 Å². The summed E-state index contributed by atoms with van der Waals surface area (Å²) in [5.74, 6) is 1.90. The van der Waals surface area contributed by atoms with Crippen LogP contribution < -0.4 is 5.32 Å². The molecule has 3 rings (SSSR count). The number of carbonyl (C=O) groups is 1. The maximum absolute atomic E-state index is 12.0. The number of fused-ring (bicyclic) bond motifs is 1. The summed E-state index contributed by atoms with van der Waals surface area (Å²) in [6.07, 6.45) is 2.06. The highest BCUT2D eigenvalue weighted by atomic mass is 16.2. The molecule has 4 nitrogen and oxygen atoms in total. The second kappa shape index (κ2) is 5.51. The second-order valence-electron chi connectivity index (χ2n) is 6.47. The Morgan fingerprint density at radius 3 is 2.71 bits per heavy atom. The summed E-state index contributed by atoms with van der Waals surface area (Å²) in [5, 5.41) is 3.11. The Labute approximate surface area is 125 Å². The Morgan fingerprint density at radius 2 is 2.05 bits per heavy atom. The van der Waals surface area contributed by atoms with Gasteiger partial charge in [-0.05, 0) is 37.8 Å². The maximum atomic E-state index is 12.0. The van der Waals surface area contributed by atoms with Gasteiger partial charge in [0.05, 0.1) is 17.1 Å². The molecule has 1 atom stereocenters. The quantitative estimate of drug-likeness (QED) is 0.916. The van der Waals surface area contributed by atoms with Crippen LogP contribution in [0.15, 0.2) is 24.3 Å². The number of aromatic nitrogens is 2. The smallest absolute Gasteiger partial charge is 0.223 e. The normalized spacial score (nSPS) is 16.4. The first-order valence-corrected chi connectivity index (χ1v) is 7.81. The van der Waals surface area contributed by atoms with Gasteiger partial charge in [0.2, 0.25) is 5.91 Å². The van der Waals surface area contributed by atoms with Crippen molar-refractivity contribution < 1.29 is 4.79 Å². The summed E-state index contributed by atoms with van der Waals surface area (Å²) in [6, 6.07) is 8.13. The number of para-hydroxylation sites is 2. The van der Waals surface area contributed by atoms with Crippen LogP contribution in [-0.4, -0.2) is 15.5 Å². The number of nitrogens with one attached hydrogen (secondary N) is 1. The summed E-state index contributed by atoms with van der Waals surface area (Å²) >= 11 is 0. The van der Waals surface area contributed by atoms with E-state index in [2.05, 4.69) is 29.8 Å². The molecule has 1 saturated carbocycles. The Kier molecular flexibility index (Phi) is 3.70. The van der Waals surface area contributed by atoms with Gasteiger partial charge in [-0.1, -0.05) is 26.0 Å². The van der Waals surface area contributed by atoms with Crippen LogP contribution in [0.5, 0.6) is 0 Å². The van der Waals surface area contributed by atoms with Crippen molar-refractivity contribution in [1.29, 1.82) is 0 Å². The molecule has 0 radical (unpaired) electrons. The van der Waals surface area contributed by atoms with Crippen molar-refractivity contribution in [2.24, 2.45) is 11.8 Å². The third kappa shape index (κ3) is 2.94. The number of hydrogen-bond donors (Lipinski definition) is 1. The number of rotatable bonds is 5. The van der Waals surface area contributed by atoms with Gasteiger partial charge in [0.15, 0.2) is 0 Å². The summed E-state index contributed by atoms with van der Waals surface area (Å²) < 4.78 is 2.25. The van der Waals surface area contributed by atoms with Gasteiger partial charge >= 0.3 is 0 Å². The molecular formula is C17H23N3O. The van der Waals surface area contributed by atoms with Crippen LogP contribution in [-0.2, 0) is 11.3 Å². The highest BCUT2D eigenvalue weighted by Gasteiger charge is 2.31. The van der Waals surface area contributed by atoms with Gasteiger partial charge in [-0.3, -0.25) is 4.79 Å². The Hall–Kier alpha value is -1.84. The van der Waals surface area contributed by atoms with Gasteiger partial charge < -0.3 is 9.88 Å². The minimum atomic E-state index is -0.0516. The molecule has 0 aliphatic heterocycles. The van der Waals surface area contributed by atoms with E-state index in [1.165, 1.54) is 0 Å². The fourth-order valence-electron chi connectivity index (χ4n) is 2.72. The van der Waals surface area contributed by atoms with Gasteiger partial charge in [0.1, 0.15) is 5.82 Å². The lowest BCUT2D eigenvalue weighted by Gasteiger charge is -2.17. The number of amides is 1. The van der Waals surface area contributed by atoms with E-state index in [1.807, 2.05) is 25.1 Å². The van der Waals surface area contributed by atoms with Crippen molar-refractivity contribution in [2.45, 2.75) is 46.2 Å². The lowest BCUT2D eigenvalue weighted by molar-refractivity contribution is -0.123. The van der Waals surface area contributed by atoms with Crippen LogP contribution in [0.1, 0.15) is 45.5 Å². The van der Waals surface area contributed by atoms with E-state index in [9.17, 15) is 4.79 Å². The van der Waals surface area contributed by atoms with Gasteiger partial charge in [0.25, 0.3) is 0 Å². The van der Waals surface area contributed by atoms with Crippen molar-refractivity contribution >= 4 is 16.9 Å². The van der Waals surface area contributed by atoms with E-state index in [1.54, 1.807) is 0 Å². The first-order chi connectivity index (χ1) is 10.1. The average Bonchev–Trinajstić information content (AvgIpc) is 3.22. The molecule has 1 amide bonds. The fourth-order valence-corrected chi connectivity index (χ4v) is 2.72. The molecule has 1 aromatic carbocycles. The minimum Gasteiger partial charge on any atom is -0.346 e. The zero-order chi connectivity index (χ0) is 15.0. The van der Waals surface area contributed by atoms with Crippen molar-refractivity contribution in [3.63, 3.8) is 0 Å². The number of hydrogen-bond acceptors (Lipinski definition) is 2. The predicted octanol–water partition coefficient (Wildman–Crippen LogP) is 3.28. The van der Waals surface area contributed by atoms with E-state index < -0.39 is 0 Å². The average molecular weight is 285 g/mol. The Bertz CT molecular complexity index is 655. The number of benzene rings is 1. The highest BCUT2D eigenvalue weighted by Crippen LogP contribution is 2.30. The molecule has 112 valence electrons. The summed E-state index contributed by atoms with van der Waals surface area (Å²) in [4.78, 5) is 16.7. The molecule has 4 heteroatoms. The highest BCUT2D eigenvalue weighted by molar-refractivity contribution is 5.81. The van der Waals surface area contributed by atoms with Crippen molar-refractivity contribution in [3.05, 3.63) is 30.1 Å². The van der Waals surface area contributed by atoms with Crippen LogP contribution in [0, 0.1) is 11.8 Å². The summed E-state index contributed by atoms with van der Waals surface area (Å²) in [7, 11) is 0. The van der Waals surface area contributed by atoms with Gasteiger partial charge in [-0.25, -0.2) is 4.98 Å². The topological polar surface area (TPSA) is 46.9 Å². The lowest BCUT2D eigenvalue weighted by Crippen LogP contribution is -2.30. The zero-order valence-electron chi connectivity index (χ0n) is 13.0. The van der Waals surface area contributed by atoms with Gasteiger partial charge in [0, 0.05) is 12.5 Å². The van der Waals surface area contributed by atoms with Crippen LogP contribution >= 0.6 is 0 Å². The number of imidazole rings is 1. The molecular weight excluding hydrogens is 262 g/mol. The standard InChI is InChI=1S/C17H23N3O/c1-11(2)10-20-15-7-5-4-6-14(15)19-16(20)12(3)18-17(21)13-8-9-13/h4-7,11-13H,8-10H2,1-3H3,(H,18,21). The molecule has 0 bridgehead atoms. The number of carbonyl (C=O) groups excluding carboxylic acids is 1. The Morgan fingerprint density at radius 1 is 1.33 bits per heavy atom. The van der Waals surface area contributed by atoms with Gasteiger partial charge in [-0.2, -0.15) is 0 Å². The van der Waals surface area contributed by atoms with Crippen LogP contribution in [0.2, 0.25) is 0 Å². The Balaban J connectivity index is 1.93. The SMILES string of the molecule is CC(C)Cn1c(C(C)NC(=O)C2CC2)nc2ccccc21. The lowest BCUT2D eigenvalue weighted by atomic mass is 10.2. The predicted molar refractivity (Wildman–Crippen MR) is 83.9 cm³/mol. The molecule has 2 aromatic rings. The van der Waals surface area contributed by atoms with E-state index in [0.29, 0.717) is 5.92 Å². The molecule has 1 fully saturated rings. The summed E-state index contributed by atoms with van der Waals surface area (Å²) in [5.41, 5.74) is 2.15. The summed E-state index contributed by atoms with van der Waals surface area (Å²) in [6.45, 7) is 7.34. The van der Waals surface area contributed by atoms with Crippen molar-refractivity contribution in [3.8, 4) is 0 Å². The van der Waals surface area contributed by atoms with Crippen LogP contribution in [0.4, 0.5) is 0 Å². The minimum absolute atomic E-state index is 0.0516. The van der Waals surface area contributed by atoms with Crippen LogP contribution in [0.3, 0.4) is 0 Å². The van der Waals surface area contributed by atoms with Crippen molar-refractivity contribution in [1.82, 2.24) is 14.9 Å². The number of nitrogens with zero attached hydrogens (tertiary/aromatic N) is 2. The van der Waals surface area contributed by atoms with E-state index >= 15 is 0 Å². The van der Waals surface area contributed by atoms with Crippen molar-refractivity contribution in [2.75, 3.05) is 0 Å². The molecule has 1 aliphatic rings. The molecule has 21 heavy (non-hydrogen) atoms. The van der Waals surface area contributed by atoms with E-state index in [0.717, 1.165) is 36.2 Å². The zero-order valence-corrected chi connectivity index (χ0v) is 13.0. The maximum Gasteiger partial charge on any atom is 0.223 e. The first-order valence-electron chi connectivity index (χ1n) is 7.81. The first kappa shape index (κ1) is 14.1. The van der Waals surface area contributed by atoms with Gasteiger partial charge in [-0.15, -0.1) is 0 Å². The molecule has 1 N–H and O–H groups in total. The largest absolute Gasteiger partial charge is 0.346 e. The molecule has 1 heterocycles. The molecule has 1 aromatic heterocycles. The van der Waals surface area contributed by atoms with E-state index in [-0.39, 0.29) is 17.9 Å². The third-order valence-electron chi connectivity index (χ3n) is 3.93. The molecule has 0 saturated heterocycles. The fraction of sp³-hybridized carbons (Fsp3) is 0.529. The molecule has 1 unspecified atom stereocenters. The second-order valence-corrected chi connectivity index (χ2v) is 6.47. The molecule has 1 aliphatic carbocycles. The monoisotopic (exact) mass is 285 g/mol. The molecule has 0 spiro atoms. The third-order valence-corrected chi connectivity index (χ3v) is 3.93. The van der Waals surface area contributed by atoms with Crippen LogP contribution in [0.25, 0.3) is 11.0 Å².